The van der Waals surface area contributed by atoms with Crippen molar-refractivity contribution in [3.8, 4) is 11.5 Å². The van der Waals surface area contributed by atoms with Gasteiger partial charge in [0.25, 0.3) is 0 Å². The molecule has 0 aromatic heterocycles. The Morgan fingerprint density at radius 2 is 1.53 bits per heavy atom. The summed E-state index contributed by atoms with van der Waals surface area (Å²) in [5, 5.41) is 0.00445. The summed E-state index contributed by atoms with van der Waals surface area (Å²) in [6, 6.07) is 5.94. The molecule has 0 aliphatic heterocycles. The van der Waals surface area contributed by atoms with E-state index in [2.05, 4.69) is 27.7 Å². The minimum absolute atomic E-state index is 0.00445. The molecule has 106 valence electrons. The van der Waals surface area contributed by atoms with Gasteiger partial charge in [0.05, 0.1) is 19.6 Å². The first kappa shape index (κ1) is 14.5. The lowest BCUT2D eigenvalue weighted by molar-refractivity contribution is 0.354. The summed E-state index contributed by atoms with van der Waals surface area (Å²) in [5.74, 6) is 1.95. The van der Waals surface area contributed by atoms with Crippen molar-refractivity contribution in [3.05, 3.63) is 23.8 Å². The van der Waals surface area contributed by atoms with Gasteiger partial charge in [-0.1, -0.05) is 33.8 Å². The van der Waals surface area contributed by atoms with Crippen LogP contribution in [0, 0.1) is 16.7 Å². The minimum atomic E-state index is 0.00445. The third-order valence-corrected chi connectivity index (χ3v) is 5.66. The molecule has 2 nitrogen and oxygen atoms in total. The highest BCUT2D eigenvalue weighted by Gasteiger charge is 2.67. The highest BCUT2D eigenvalue weighted by molar-refractivity contribution is 6.21. The first-order valence-corrected chi connectivity index (χ1v) is 7.07. The molecule has 0 spiro atoms. The zero-order chi connectivity index (χ0) is 14.4. The van der Waals surface area contributed by atoms with E-state index in [1.165, 1.54) is 0 Å². The van der Waals surface area contributed by atoms with E-state index in [4.69, 9.17) is 21.1 Å². The van der Waals surface area contributed by atoms with Crippen LogP contribution < -0.4 is 9.47 Å². The van der Waals surface area contributed by atoms with Gasteiger partial charge in [0.15, 0.2) is 11.5 Å². The molecule has 0 heterocycles. The van der Waals surface area contributed by atoms with E-state index in [9.17, 15) is 0 Å². The molecule has 1 fully saturated rings. The largest absolute Gasteiger partial charge is 0.493 e. The Balaban J connectivity index is 2.29. The zero-order valence-corrected chi connectivity index (χ0v) is 13.3. The number of ether oxygens (including phenoxy) is 2. The van der Waals surface area contributed by atoms with E-state index in [1.54, 1.807) is 14.2 Å². The Morgan fingerprint density at radius 3 is 1.95 bits per heavy atom. The lowest BCUT2D eigenvalue weighted by atomic mass is 10.0. The van der Waals surface area contributed by atoms with Gasteiger partial charge in [-0.05, 0) is 34.4 Å². The first-order valence-electron chi connectivity index (χ1n) is 6.63. The topological polar surface area (TPSA) is 18.5 Å². The van der Waals surface area contributed by atoms with Crippen molar-refractivity contribution in [2.45, 2.75) is 33.1 Å². The molecular formula is C16H23ClO2. The van der Waals surface area contributed by atoms with E-state index in [-0.39, 0.29) is 16.2 Å². The van der Waals surface area contributed by atoms with Gasteiger partial charge in [0.2, 0.25) is 0 Å². The summed E-state index contributed by atoms with van der Waals surface area (Å²) in [4.78, 5) is 0. The Kier molecular flexibility index (Phi) is 3.51. The van der Waals surface area contributed by atoms with Gasteiger partial charge < -0.3 is 9.47 Å². The SMILES string of the molecule is COc1ccc(C(Cl)C2C(C)(C)C2(C)C)cc1OC. The summed E-state index contributed by atoms with van der Waals surface area (Å²) < 4.78 is 10.6. The predicted molar refractivity (Wildman–Crippen MR) is 79.2 cm³/mol. The molecule has 2 rings (SSSR count). The third kappa shape index (κ3) is 2.10. The van der Waals surface area contributed by atoms with Gasteiger partial charge in [-0.25, -0.2) is 0 Å². The summed E-state index contributed by atoms with van der Waals surface area (Å²) in [7, 11) is 3.29. The Bertz CT molecular complexity index is 466. The normalized spacial score (nSPS) is 21.8. The highest BCUT2D eigenvalue weighted by atomic mass is 35.5. The molecule has 1 unspecified atom stereocenters. The highest BCUT2D eigenvalue weighted by Crippen LogP contribution is 2.73. The summed E-state index contributed by atoms with van der Waals surface area (Å²) >= 11 is 6.70. The second kappa shape index (κ2) is 4.59. The molecule has 1 aromatic rings. The van der Waals surface area contributed by atoms with E-state index in [0.29, 0.717) is 5.92 Å². The number of rotatable bonds is 4. The smallest absolute Gasteiger partial charge is 0.161 e. The van der Waals surface area contributed by atoms with Crippen molar-refractivity contribution >= 4 is 11.6 Å². The lowest BCUT2D eigenvalue weighted by Gasteiger charge is -2.15. The van der Waals surface area contributed by atoms with Gasteiger partial charge >= 0.3 is 0 Å². The molecule has 1 aromatic carbocycles. The van der Waals surface area contributed by atoms with Gasteiger partial charge in [0.1, 0.15) is 0 Å². The Labute approximate surface area is 121 Å². The molecule has 1 aliphatic rings. The molecule has 0 saturated heterocycles. The summed E-state index contributed by atoms with van der Waals surface area (Å²) in [6.45, 7) is 9.14. The second-order valence-corrected chi connectivity index (χ2v) is 6.91. The maximum absolute atomic E-state index is 6.70. The molecule has 3 heteroatoms. The summed E-state index contributed by atoms with van der Waals surface area (Å²) in [5.41, 5.74) is 1.64. The van der Waals surface area contributed by atoms with Crippen LogP contribution in [0.3, 0.4) is 0 Å². The van der Waals surface area contributed by atoms with Crippen LogP contribution in [0.4, 0.5) is 0 Å². The van der Waals surface area contributed by atoms with E-state index < -0.39 is 0 Å². The van der Waals surface area contributed by atoms with Crippen LogP contribution >= 0.6 is 11.6 Å². The molecule has 1 aliphatic carbocycles. The summed E-state index contributed by atoms with van der Waals surface area (Å²) in [6.07, 6.45) is 0. The van der Waals surface area contributed by atoms with Gasteiger partial charge in [-0.2, -0.15) is 0 Å². The number of methoxy groups -OCH3 is 2. The van der Waals surface area contributed by atoms with Gasteiger partial charge in [-0.3, -0.25) is 0 Å². The lowest BCUT2D eigenvalue weighted by Crippen LogP contribution is -2.01. The number of hydrogen-bond donors (Lipinski definition) is 0. The molecule has 0 amide bonds. The van der Waals surface area contributed by atoms with E-state index in [0.717, 1.165) is 17.1 Å². The molecule has 1 saturated carbocycles. The fourth-order valence-corrected chi connectivity index (χ4v) is 3.96. The standard InChI is InChI=1S/C16H23ClO2/c1-15(2)14(16(15,3)4)13(17)10-7-8-11(18-5)12(9-10)19-6/h7-9,13-14H,1-6H3. The Hall–Kier alpha value is -0.890. The van der Waals surface area contributed by atoms with Crippen LogP contribution in [0.25, 0.3) is 0 Å². The number of alkyl halides is 1. The van der Waals surface area contributed by atoms with Gasteiger partial charge in [-0.15, -0.1) is 11.6 Å². The van der Waals surface area contributed by atoms with Crippen LogP contribution in [0.5, 0.6) is 11.5 Å². The number of hydrogen-bond acceptors (Lipinski definition) is 2. The van der Waals surface area contributed by atoms with Crippen LogP contribution in [0.15, 0.2) is 18.2 Å². The molecule has 1 atom stereocenters. The van der Waals surface area contributed by atoms with Crippen molar-refractivity contribution in [1.29, 1.82) is 0 Å². The number of benzene rings is 1. The van der Waals surface area contributed by atoms with Crippen LogP contribution in [-0.4, -0.2) is 14.2 Å². The van der Waals surface area contributed by atoms with Crippen molar-refractivity contribution in [3.63, 3.8) is 0 Å². The maximum Gasteiger partial charge on any atom is 0.161 e. The molecule has 19 heavy (non-hydrogen) atoms. The maximum atomic E-state index is 6.70. The molecule has 0 bridgehead atoms. The third-order valence-electron chi connectivity index (χ3n) is 5.15. The van der Waals surface area contributed by atoms with Crippen molar-refractivity contribution in [2.75, 3.05) is 14.2 Å². The van der Waals surface area contributed by atoms with E-state index >= 15 is 0 Å². The van der Waals surface area contributed by atoms with Crippen LogP contribution in [-0.2, 0) is 0 Å². The van der Waals surface area contributed by atoms with Crippen molar-refractivity contribution < 1.29 is 9.47 Å². The monoisotopic (exact) mass is 282 g/mol. The molecular weight excluding hydrogens is 260 g/mol. The number of halogens is 1. The predicted octanol–water partition coefficient (Wildman–Crippen LogP) is 4.67. The average molecular weight is 283 g/mol. The Morgan fingerprint density at radius 1 is 1.00 bits per heavy atom. The van der Waals surface area contributed by atoms with Crippen LogP contribution in [0.2, 0.25) is 0 Å². The van der Waals surface area contributed by atoms with Gasteiger partial charge in [0, 0.05) is 0 Å². The van der Waals surface area contributed by atoms with Crippen molar-refractivity contribution in [1.82, 2.24) is 0 Å². The average Bonchev–Trinajstić information content (AvgIpc) is 2.78. The fourth-order valence-electron chi connectivity index (χ4n) is 3.20. The zero-order valence-electron chi connectivity index (χ0n) is 12.6. The second-order valence-electron chi connectivity index (χ2n) is 6.44. The molecule has 0 radical (unpaired) electrons. The quantitative estimate of drug-likeness (QED) is 0.748. The first-order chi connectivity index (χ1) is 8.77. The van der Waals surface area contributed by atoms with E-state index in [1.807, 2.05) is 18.2 Å². The minimum Gasteiger partial charge on any atom is -0.493 e. The van der Waals surface area contributed by atoms with Crippen LogP contribution in [0.1, 0.15) is 38.6 Å². The van der Waals surface area contributed by atoms with Crippen molar-refractivity contribution in [2.24, 2.45) is 16.7 Å². The fraction of sp³-hybridized carbons (Fsp3) is 0.625. The molecule has 0 N–H and O–H groups in total.